The first-order valence-electron chi connectivity index (χ1n) is 6.96. The van der Waals surface area contributed by atoms with Crippen molar-refractivity contribution >= 4 is 15.7 Å². The van der Waals surface area contributed by atoms with Crippen molar-refractivity contribution in [1.82, 2.24) is 9.78 Å². The van der Waals surface area contributed by atoms with E-state index in [0.29, 0.717) is 11.4 Å². The summed E-state index contributed by atoms with van der Waals surface area (Å²) < 4.78 is 47.2. The Balaban J connectivity index is 1.94. The van der Waals surface area contributed by atoms with Gasteiger partial charge in [0.05, 0.1) is 25.2 Å². The summed E-state index contributed by atoms with van der Waals surface area (Å²) in [6.07, 6.45) is 2.52. The van der Waals surface area contributed by atoms with E-state index in [0.717, 1.165) is 0 Å². The molecule has 0 fully saturated rings. The van der Waals surface area contributed by atoms with Crippen molar-refractivity contribution < 1.29 is 17.5 Å². The number of hydrogen-bond donors (Lipinski definition) is 1. The van der Waals surface area contributed by atoms with Gasteiger partial charge in [-0.25, -0.2) is 17.5 Å². The van der Waals surface area contributed by atoms with Gasteiger partial charge in [-0.05, 0) is 24.3 Å². The third-order valence-electron chi connectivity index (χ3n) is 3.32. The third kappa shape index (κ3) is 3.09. The van der Waals surface area contributed by atoms with Crippen LogP contribution in [0.25, 0.3) is 5.69 Å². The van der Waals surface area contributed by atoms with E-state index >= 15 is 0 Å². The highest BCUT2D eigenvalue weighted by atomic mass is 32.2. The molecule has 0 aliphatic rings. The number of aromatic nitrogens is 2. The molecule has 1 heterocycles. The zero-order valence-electron chi connectivity index (χ0n) is 12.7. The average Bonchev–Trinajstić information content (AvgIpc) is 3.07. The molecule has 1 N–H and O–H groups in total. The molecule has 0 saturated heterocycles. The normalized spacial score (nSPS) is 11.2. The van der Waals surface area contributed by atoms with E-state index < -0.39 is 15.8 Å². The number of rotatable bonds is 5. The molecule has 24 heavy (non-hydrogen) atoms. The summed E-state index contributed by atoms with van der Waals surface area (Å²) in [4.78, 5) is -0.0864. The molecule has 3 aromatic rings. The lowest BCUT2D eigenvalue weighted by atomic mass is 10.3. The molecule has 124 valence electrons. The quantitative estimate of drug-likeness (QED) is 0.770. The summed E-state index contributed by atoms with van der Waals surface area (Å²) in [5, 5.41) is 4.05. The SMILES string of the molecule is COc1ccccc1-n1cc(S(=O)(=O)Nc2ccccc2F)cn1. The van der Waals surface area contributed by atoms with Gasteiger partial charge >= 0.3 is 0 Å². The lowest BCUT2D eigenvalue weighted by molar-refractivity contribution is 0.411. The van der Waals surface area contributed by atoms with Crippen LogP contribution in [-0.2, 0) is 10.0 Å². The van der Waals surface area contributed by atoms with Crippen molar-refractivity contribution in [2.24, 2.45) is 0 Å². The van der Waals surface area contributed by atoms with E-state index in [1.54, 1.807) is 30.3 Å². The van der Waals surface area contributed by atoms with Gasteiger partial charge in [-0.3, -0.25) is 4.72 Å². The van der Waals surface area contributed by atoms with Gasteiger partial charge in [-0.1, -0.05) is 24.3 Å². The number of hydrogen-bond acceptors (Lipinski definition) is 4. The summed E-state index contributed by atoms with van der Waals surface area (Å²) in [6.45, 7) is 0. The highest BCUT2D eigenvalue weighted by Gasteiger charge is 2.19. The maximum atomic E-state index is 13.6. The molecule has 0 aliphatic carbocycles. The van der Waals surface area contributed by atoms with Crippen molar-refractivity contribution in [3.8, 4) is 11.4 Å². The lowest BCUT2D eigenvalue weighted by Gasteiger charge is -2.08. The molecule has 0 atom stereocenters. The Kier molecular flexibility index (Phi) is 4.22. The highest BCUT2D eigenvalue weighted by molar-refractivity contribution is 7.92. The number of halogens is 1. The van der Waals surface area contributed by atoms with Gasteiger partial charge in [0.1, 0.15) is 22.1 Å². The Morgan fingerprint density at radius 1 is 1.12 bits per heavy atom. The Labute approximate surface area is 138 Å². The van der Waals surface area contributed by atoms with Crippen molar-refractivity contribution in [3.63, 3.8) is 0 Å². The van der Waals surface area contributed by atoms with E-state index in [1.807, 2.05) is 0 Å². The van der Waals surface area contributed by atoms with Gasteiger partial charge in [0.2, 0.25) is 0 Å². The number of anilines is 1. The zero-order valence-corrected chi connectivity index (χ0v) is 13.5. The second-order valence-corrected chi connectivity index (χ2v) is 6.56. The summed E-state index contributed by atoms with van der Waals surface area (Å²) in [5.41, 5.74) is 0.467. The van der Waals surface area contributed by atoms with E-state index in [9.17, 15) is 12.8 Å². The van der Waals surface area contributed by atoms with Crippen LogP contribution in [0.3, 0.4) is 0 Å². The number of para-hydroxylation sites is 3. The van der Waals surface area contributed by atoms with E-state index in [1.165, 1.54) is 42.4 Å². The van der Waals surface area contributed by atoms with Gasteiger partial charge in [0.15, 0.2) is 0 Å². The summed E-state index contributed by atoms with van der Waals surface area (Å²) in [5.74, 6) is -0.107. The van der Waals surface area contributed by atoms with E-state index in [2.05, 4.69) is 9.82 Å². The number of nitrogens with one attached hydrogen (secondary N) is 1. The summed E-state index contributed by atoms with van der Waals surface area (Å²) >= 11 is 0. The van der Waals surface area contributed by atoms with Crippen LogP contribution < -0.4 is 9.46 Å². The maximum Gasteiger partial charge on any atom is 0.265 e. The van der Waals surface area contributed by atoms with Gasteiger partial charge in [0, 0.05) is 0 Å². The van der Waals surface area contributed by atoms with Gasteiger partial charge in [-0.2, -0.15) is 5.10 Å². The van der Waals surface area contributed by atoms with E-state index in [-0.39, 0.29) is 10.6 Å². The van der Waals surface area contributed by atoms with Crippen LogP contribution in [0.2, 0.25) is 0 Å². The van der Waals surface area contributed by atoms with Gasteiger partial charge in [0.25, 0.3) is 10.0 Å². The minimum Gasteiger partial charge on any atom is -0.494 e. The molecule has 1 aromatic heterocycles. The molecule has 0 unspecified atom stereocenters. The third-order valence-corrected chi connectivity index (χ3v) is 4.64. The molecule has 0 spiro atoms. The second kappa shape index (κ2) is 6.32. The Bertz CT molecular complexity index is 970. The molecule has 6 nitrogen and oxygen atoms in total. The first kappa shape index (κ1) is 16.0. The molecular formula is C16H14FN3O3S. The monoisotopic (exact) mass is 347 g/mol. The predicted molar refractivity (Wildman–Crippen MR) is 87.3 cm³/mol. The smallest absolute Gasteiger partial charge is 0.265 e. The number of sulfonamides is 1. The molecule has 0 radical (unpaired) electrons. The van der Waals surface area contributed by atoms with Crippen molar-refractivity contribution in [2.45, 2.75) is 4.90 Å². The van der Waals surface area contributed by atoms with E-state index in [4.69, 9.17) is 4.74 Å². The lowest BCUT2D eigenvalue weighted by Crippen LogP contribution is -2.13. The molecule has 8 heteroatoms. The summed E-state index contributed by atoms with van der Waals surface area (Å²) in [7, 11) is -2.44. The Morgan fingerprint density at radius 3 is 2.58 bits per heavy atom. The summed E-state index contributed by atoms with van der Waals surface area (Å²) in [6, 6.07) is 12.6. The molecule has 0 aliphatic heterocycles. The largest absolute Gasteiger partial charge is 0.494 e. The molecule has 0 amide bonds. The fourth-order valence-electron chi connectivity index (χ4n) is 2.14. The standard InChI is InChI=1S/C16H14FN3O3S/c1-23-16-9-5-4-8-15(16)20-11-12(10-18-20)24(21,22)19-14-7-3-2-6-13(14)17/h2-11,19H,1H3. The fourth-order valence-corrected chi connectivity index (χ4v) is 3.14. The first-order chi connectivity index (χ1) is 11.5. The number of benzene rings is 2. The van der Waals surface area contributed by atoms with Crippen LogP contribution in [0.15, 0.2) is 65.8 Å². The Hall–Kier alpha value is -2.87. The van der Waals surface area contributed by atoms with Gasteiger partial charge in [-0.15, -0.1) is 0 Å². The van der Waals surface area contributed by atoms with Gasteiger partial charge < -0.3 is 4.74 Å². The number of ether oxygens (including phenoxy) is 1. The fraction of sp³-hybridized carbons (Fsp3) is 0.0625. The Morgan fingerprint density at radius 2 is 1.83 bits per heavy atom. The number of nitrogens with zero attached hydrogens (tertiary/aromatic N) is 2. The van der Waals surface area contributed by atoms with Crippen molar-refractivity contribution in [1.29, 1.82) is 0 Å². The van der Waals surface area contributed by atoms with Crippen LogP contribution in [-0.4, -0.2) is 25.3 Å². The van der Waals surface area contributed by atoms with Crippen LogP contribution >= 0.6 is 0 Å². The molecule has 0 bridgehead atoms. The predicted octanol–water partition coefficient (Wildman–Crippen LogP) is 2.82. The topological polar surface area (TPSA) is 73.2 Å². The van der Waals surface area contributed by atoms with Crippen LogP contribution in [0.1, 0.15) is 0 Å². The maximum absolute atomic E-state index is 13.6. The van der Waals surface area contributed by atoms with Crippen molar-refractivity contribution in [2.75, 3.05) is 11.8 Å². The van der Waals surface area contributed by atoms with Crippen LogP contribution in [0, 0.1) is 5.82 Å². The van der Waals surface area contributed by atoms with Crippen LogP contribution in [0.5, 0.6) is 5.75 Å². The van der Waals surface area contributed by atoms with Crippen molar-refractivity contribution in [3.05, 3.63) is 66.7 Å². The molecule has 3 rings (SSSR count). The second-order valence-electron chi connectivity index (χ2n) is 4.88. The zero-order chi connectivity index (χ0) is 17.2. The molecule has 0 saturated carbocycles. The van der Waals surface area contributed by atoms with Crippen LogP contribution in [0.4, 0.5) is 10.1 Å². The average molecular weight is 347 g/mol. The molecule has 2 aromatic carbocycles. The minimum atomic E-state index is -3.96. The highest BCUT2D eigenvalue weighted by Crippen LogP contribution is 2.23. The number of methoxy groups -OCH3 is 1. The molecular weight excluding hydrogens is 333 g/mol. The minimum absolute atomic E-state index is 0.0864. The first-order valence-corrected chi connectivity index (χ1v) is 8.45.